The maximum Gasteiger partial charge on any atom is 0.115 e. The zero-order valence-electron chi connectivity index (χ0n) is 15.1. The Morgan fingerprint density at radius 3 is 2.48 bits per heavy atom. The summed E-state index contributed by atoms with van der Waals surface area (Å²) in [5.41, 5.74) is 6.97. The van der Waals surface area contributed by atoms with E-state index in [1.807, 2.05) is 0 Å². The van der Waals surface area contributed by atoms with Gasteiger partial charge in [0.2, 0.25) is 0 Å². The minimum absolute atomic E-state index is 0.182. The number of aliphatic hydroxyl groups is 1. The SMILES string of the molecule is CC1CCC/C(=C\C(O)=C2CCC2)c2ccc(C(C)(C)C)cc21. The molecule has 1 saturated carbocycles. The first-order valence-corrected chi connectivity index (χ1v) is 9.12. The van der Waals surface area contributed by atoms with Crippen molar-refractivity contribution in [3.8, 4) is 0 Å². The normalized spacial score (nSPS) is 23.2. The summed E-state index contributed by atoms with van der Waals surface area (Å²) >= 11 is 0. The van der Waals surface area contributed by atoms with Crippen molar-refractivity contribution in [1.82, 2.24) is 0 Å². The average Bonchev–Trinajstić information content (AvgIpc) is 2.56. The standard InChI is InChI=1S/C22H30O/c1-15-7-5-10-17(13-21(23)16-8-6-9-16)19-12-11-18(14-20(15)19)22(2,3)4/h11-15,23H,5-10H2,1-4H3/b17-13+. The largest absolute Gasteiger partial charge is 0.508 e. The van der Waals surface area contributed by atoms with Gasteiger partial charge < -0.3 is 5.11 Å². The van der Waals surface area contributed by atoms with E-state index in [9.17, 15) is 5.11 Å². The first kappa shape index (κ1) is 16.4. The molecule has 0 spiro atoms. The van der Waals surface area contributed by atoms with Gasteiger partial charge in [0, 0.05) is 0 Å². The van der Waals surface area contributed by atoms with Gasteiger partial charge in [-0.15, -0.1) is 0 Å². The third-order valence-electron chi connectivity index (χ3n) is 5.51. The van der Waals surface area contributed by atoms with E-state index < -0.39 is 0 Å². The van der Waals surface area contributed by atoms with Crippen LogP contribution in [0.1, 0.15) is 88.8 Å². The number of rotatable bonds is 1. The third kappa shape index (κ3) is 3.39. The highest BCUT2D eigenvalue weighted by molar-refractivity contribution is 5.72. The predicted molar refractivity (Wildman–Crippen MR) is 98.9 cm³/mol. The first-order valence-electron chi connectivity index (χ1n) is 9.12. The second-order valence-electron chi connectivity index (χ2n) is 8.36. The Kier molecular flexibility index (Phi) is 4.40. The Morgan fingerprint density at radius 1 is 1.13 bits per heavy atom. The van der Waals surface area contributed by atoms with Crippen molar-refractivity contribution in [2.45, 2.75) is 77.6 Å². The topological polar surface area (TPSA) is 20.2 Å². The number of hydrogen-bond donors (Lipinski definition) is 1. The molecule has 1 N–H and O–H groups in total. The summed E-state index contributed by atoms with van der Waals surface area (Å²) in [7, 11) is 0. The van der Waals surface area contributed by atoms with E-state index in [1.54, 1.807) is 0 Å². The summed E-state index contributed by atoms with van der Waals surface area (Å²) in [6, 6.07) is 6.98. The number of benzene rings is 1. The van der Waals surface area contributed by atoms with Gasteiger partial charge in [-0.3, -0.25) is 0 Å². The lowest BCUT2D eigenvalue weighted by molar-refractivity contribution is 0.407. The van der Waals surface area contributed by atoms with E-state index in [0.717, 1.165) is 19.3 Å². The van der Waals surface area contributed by atoms with Crippen molar-refractivity contribution < 1.29 is 5.11 Å². The fraction of sp³-hybridized carbons (Fsp3) is 0.545. The molecule has 0 saturated heterocycles. The Morgan fingerprint density at radius 2 is 1.87 bits per heavy atom. The fourth-order valence-electron chi connectivity index (χ4n) is 3.64. The van der Waals surface area contributed by atoms with Crippen LogP contribution in [0.15, 0.2) is 35.6 Å². The Balaban J connectivity index is 2.06. The lowest BCUT2D eigenvalue weighted by Gasteiger charge is -2.23. The van der Waals surface area contributed by atoms with Crippen LogP contribution in [-0.4, -0.2) is 5.11 Å². The lowest BCUT2D eigenvalue weighted by atomic mass is 9.82. The molecule has 2 aliphatic carbocycles. The molecule has 1 atom stereocenters. The Bertz CT molecular complexity index is 649. The van der Waals surface area contributed by atoms with Crippen LogP contribution < -0.4 is 0 Å². The molecule has 124 valence electrons. The van der Waals surface area contributed by atoms with Gasteiger partial charge in [0.15, 0.2) is 0 Å². The van der Waals surface area contributed by atoms with Crippen molar-refractivity contribution in [1.29, 1.82) is 0 Å². The minimum Gasteiger partial charge on any atom is -0.508 e. The molecule has 0 radical (unpaired) electrons. The van der Waals surface area contributed by atoms with Crippen LogP contribution in [0.4, 0.5) is 0 Å². The van der Waals surface area contributed by atoms with Gasteiger partial charge in [0.1, 0.15) is 5.76 Å². The molecular formula is C22H30O. The Labute approximate surface area is 141 Å². The molecule has 1 unspecified atom stereocenters. The highest BCUT2D eigenvalue weighted by atomic mass is 16.3. The van der Waals surface area contributed by atoms with Crippen molar-refractivity contribution >= 4 is 5.57 Å². The number of allylic oxidation sites excluding steroid dienone is 3. The van der Waals surface area contributed by atoms with Gasteiger partial charge in [-0.1, -0.05) is 45.9 Å². The van der Waals surface area contributed by atoms with Gasteiger partial charge in [-0.2, -0.15) is 0 Å². The van der Waals surface area contributed by atoms with Crippen LogP contribution in [-0.2, 0) is 5.41 Å². The zero-order valence-corrected chi connectivity index (χ0v) is 15.1. The second kappa shape index (κ2) is 6.19. The molecule has 0 aliphatic heterocycles. The van der Waals surface area contributed by atoms with E-state index >= 15 is 0 Å². The summed E-state index contributed by atoms with van der Waals surface area (Å²) in [5.74, 6) is 1.13. The molecule has 0 aromatic heterocycles. The molecule has 0 bridgehead atoms. The lowest BCUT2D eigenvalue weighted by Crippen LogP contribution is -2.12. The highest BCUT2D eigenvalue weighted by Gasteiger charge is 2.22. The summed E-state index contributed by atoms with van der Waals surface area (Å²) in [6.07, 6.45) is 8.94. The maximum atomic E-state index is 10.4. The maximum absolute atomic E-state index is 10.4. The van der Waals surface area contributed by atoms with Crippen molar-refractivity contribution in [3.05, 3.63) is 52.3 Å². The number of aliphatic hydroxyl groups excluding tert-OH is 1. The van der Waals surface area contributed by atoms with Crippen LogP contribution in [0.25, 0.3) is 5.57 Å². The third-order valence-corrected chi connectivity index (χ3v) is 5.51. The molecule has 23 heavy (non-hydrogen) atoms. The summed E-state index contributed by atoms with van der Waals surface area (Å²) in [6.45, 7) is 9.18. The molecule has 2 aliphatic rings. The smallest absolute Gasteiger partial charge is 0.115 e. The van der Waals surface area contributed by atoms with Crippen molar-refractivity contribution in [3.63, 3.8) is 0 Å². The van der Waals surface area contributed by atoms with Crippen LogP contribution in [0.5, 0.6) is 0 Å². The quantitative estimate of drug-likeness (QED) is 0.454. The van der Waals surface area contributed by atoms with Crippen molar-refractivity contribution in [2.75, 3.05) is 0 Å². The van der Waals surface area contributed by atoms with Crippen LogP contribution >= 0.6 is 0 Å². The first-order chi connectivity index (χ1) is 10.9. The van der Waals surface area contributed by atoms with Gasteiger partial charge in [0.05, 0.1) is 0 Å². The predicted octanol–water partition coefficient (Wildman–Crippen LogP) is 6.65. The second-order valence-corrected chi connectivity index (χ2v) is 8.36. The van der Waals surface area contributed by atoms with Crippen molar-refractivity contribution in [2.24, 2.45) is 0 Å². The molecule has 1 heteroatoms. The van der Waals surface area contributed by atoms with Crippen LogP contribution in [0.3, 0.4) is 0 Å². The molecule has 1 aromatic rings. The highest BCUT2D eigenvalue weighted by Crippen LogP contribution is 2.39. The van der Waals surface area contributed by atoms with Gasteiger partial charge in [-0.05, 0) is 83.8 Å². The fourth-order valence-corrected chi connectivity index (χ4v) is 3.64. The Hall–Kier alpha value is -1.50. The molecule has 1 aromatic carbocycles. The molecule has 0 heterocycles. The van der Waals surface area contributed by atoms with Gasteiger partial charge in [-0.25, -0.2) is 0 Å². The summed E-state index contributed by atoms with van der Waals surface area (Å²) in [4.78, 5) is 0. The molecule has 1 fully saturated rings. The minimum atomic E-state index is 0.182. The van der Waals surface area contributed by atoms with Crippen LogP contribution in [0, 0.1) is 0 Å². The molecule has 3 rings (SSSR count). The van der Waals surface area contributed by atoms with Crippen LogP contribution in [0.2, 0.25) is 0 Å². The van der Waals surface area contributed by atoms with E-state index in [-0.39, 0.29) is 5.41 Å². The number of hydrogen-bond acceptors (Lipinski definition) is 1. The summed E-state index contributed by atoms with van der Waals surface area (Å²) in [5, 5.41) is 10.4. The number of fused-ring (bicyclic) bond motifs is 1. The van der Waals surface area contributed by atoms with E-state index in [0.29, 0.717) is 11.7 Å². The van der Waals surface area contributed by atoms with Gasteiger partial charge in [0.25, 0.3) is 0 Å². The summed E-state index contributed by atoms with van der Waals surface area (Å²) < 4.78 is 0. The molecule has 0 amide bonds. The molecule has 1 nitrogen and oxygen atoms in total. The van der Waals surface area contributed by atoms with E-state index in [2.05, 4.69) is 52.0 Å². The monoisotopic (exact) mass is 310 g/mol. The average molecular weight is 310 g/mol. The van der Waals surface area contributed by atoms with E-state index in [1.165, 1.54) is 47.1 Å². The zero-order chi connectivity index (χ0) is 16.6. The van der Waals surface area contributed by atoms with E-state index in [4.69, 9.17) is 0 Å². The molecular weight excluding hydrogens is 280 g/mol. The van der Waals surface area contributed by atoms with Gasteiger partial charge >= 0.3 is 0 Å².